The van der Waals surface area contributed by atoms with Gasteiger partial charge in [0.1, 0.15) is 5.82 Å². The molecule has 2 amide bonds. The third kappa shape index (κ3) is 3.85. The van der Waals surface area contributed by atoms with E-state index in [1.165, 1.54) is 34.4 Å². The average Bonchev–Trinajstić information content (AvgIpc) is 3.00. The molecule has 0 fully saturated rings. The molecule has 0 spiro atoms. The van der Waals surface area contributed by atoms with Crippen molar-refractivity contribution in [1.29, 1.82) is 0 Å². The van der Waals surface area contributed by atoms with Crippen LogP contribution in [0.5, 0.6) is 0 Å². The Labute approximate surface area is 154 Å². The first-order chi connectivity index (χ1) is 11.8. The quantitative estimate of drug-likeness (QED) is 0.875. The van der Waals surface area contributed by atoms with Gasteiger partial charge in [0.25, 0.3) is 5.91 Å². The van der Waals surface area contributed by atoms with Crippen LogP contribution >= 0.6 is 22.9 Å². The first-order valence-electron chi connectivity index (χ1n) is 7.94. The Morgan fingerprint density at radius 1 is 1.32 bits per heavy atom. The van der Waals surface area contributed by atoms with Gasteiger partial charge in [0, 0.05) is 30.6 Å². The Bertz CT molecular complexity index is 834. The molecule has 1 aliphatic carbocycles. The van der Waals surface area contributed by atoms with E-state index in [2.05, 4.69) is 5.32 Å². The molecule has 1 aliphatic rings. The topological polar surface area (TPSA) is 49.4 Å². The molecule has 1 N–H and O–H groups in total. The number of rotatable bonds is 3. The summed E-state index contributed by atoms with van der Waals surface area (Å²) < 4.78 is 13.2. The van der Waals surface area contributed by atoms with Crippen LogP contribution in [0.2, 0.25) is 5.02 Å². The van der Waals surface area contributed by atoms with E-state index in [1.807, 2.05) is 6.07 Å². The first-order valence-corrected chi connectivity index (χ1v) is 9.13. The van der Waals surface area contributed by atoms with E-state index >= 15 is 0 Å². The maximum absolute atomic E-state index is 13.2. The molecule has 0 radical (unpaired) electrons. The van der Waals surface area contributed by atoms with Gasteiger partial charge < -0.3 is 10.2 Å². The lowest BCUT2D eigenvalue weighted by Crippen LogP contribution is -2.27. The molecule has 25 heavy (non-hydrogen) atoms. The molecular formula is C18H18ClFN2O2S. The van der Waals surface area contributed by atoms with Gasteiger partial charge >= 0.3 is 0 Å². The fourth-order valence-corrected chi connectivity index (χ4v) is 4.30. The van der Waals surface area contributed by atoms with E-state index in [-0.39, 0.29) is 22.8 Å². The van der Waals surface area contributed by atoms with Crippen LogP contribution in [-0.4, -0.2) is 30.8 Å². The van der Waals surface area contributed by atoms with Crippen molar-refractivity contribution in [3.8, 4) is 0 Å². The molecule has 1 aromatic carbocycles. The van der Waals surface area contributed by atoms with E-state index in [4.69, 9.17) is 11.6 Å². The van der Waals surface area contributed by atoms with Crippen LogP contribution < -0.4 is 5.32 Å². The molecule has 2 aromatic rings. The second-order valence-corrected chi connectivity index (χ2v) is 7.86. The normalized spacial score (nSPS) is 16.2. The van der Waals surface area contributed by atoms with Gasteiger partial charge in [-0.15, -0.1) is 11.3 Å². The fraction of sp³-hybridized carbons (Fsp3) is 0.333. The van der Waals surface area contributed by atoms with Gasteiger partial charge in [0.2, 0.25) is 5.91 Å². The van der Waals surface area contributed by atoms with Crippen molar-refractivity contribution < 1.29 is 14.0 Å². The van der Waals surface area contributed by atoms with Crippen LogP contribution in [0.25, 0.3) is 0 Å². The molecule has 132 valence electrons. The van der Waals surface area contributed by atoms with Crippen LogP contribution in [0.15, 0.2) is 24.3 Å². The molecule has 3 rings (SSSR count). The third-order valence-electron chi connectivity index (χ3n) is 4.26. The number of thiophene rings is 1. The van der Waals surface area contributed by atoms with E-state index < -0.39 is 5.82 Å². The van der Waals surface area contributed by atoms with Gasteiger partial charge in [-0.25, -0.2) is 4.39 Å². The van der Waals surface area contributed by atoms with Crippen LogP contribution in [0, 0.1) is 11.7 Å². The lowest BCUT2D eigenvalue weighted by atomic mass is 9.87. The van der Waals surface area contributed by atoms with E-state index in [0.717, 1.165) is 18.4 Å². The fourth-order valence-electron chi connectivity index (χ4n) is 2.89. The third-order valence-corrected chi connectivity index (χ3v) is 5.77. The molecule has 4 nitrogen and oxygen atoms in total. The molecule has 0 aliphatic heterocycles. The monoisotopic (exact) mass is 380 g/mol. The Morgan fingerprint density at radius 2 is 2.08 bits per heavy atom. The zero-order valence-electron chi connectivity index (χ0n) is 13.9. The van der Waals surface area contributed by atoms with Crippen molar-refractivity contribution in [1.82, 2.24) is 4.90 Å². The second kappa shape index (κ2) is 7.14. The Balaban J connectivity index is 1.70. The summed E-state index contributed by atoms with van der Waals surface area (Å²) in [6.07, 6.45) is 2.11. The number of hydrogen-bond acceptors (Lipinski definition) is 3. The van der Waals surface area contributed by atoms with Gasteiger partial charge in [-0.1, -0.05) is 11.6 Å². The summed E-state index contributed by atoms with van der Waals surface area (Å²) in [5.41, 5.74) is 1.55. The predicted octanol–water partition coefficient (Wildman–Crippen LogP) is 3.99. The van der Waals surface area contributed by atoms with Crippen molar-refractivity contribution in [3.63, 3.8) is 0 Å². The minimum atomic E-state index is -0.515. The molecule has 1 atom stereocenters. The number of fused-ring (bicyclic) bond motifs is 1. The number of hydrogen-bond donors (Lipinski definition) is 1. The summed E-state index contributed by atoms with van der Waals surface area (Å²) in [5.74, 6) is -0.812. The summed E-state index contributed by atoms with van der Waals surface area (Å²) in [4.78, 5) is 28.0. The number of nitrogens with zero attached hydrogens (tertiary/aromatic N) is 1. The number of benzene rings is 1. The number of nitrogens with one attached hydrogen (secondary N) is 1. The summed E-state index contributed by atoms with van der Waals surface area (Å²) in [5, 5.41) is 2.78. The summed E-state index contributed by atoms with van der Waals surface area (Å²) in [6, 6.07) is 6.03. The summed E-state index contributed by atoms with van der Waals surface area (Å²) >= 11 is 7.26. The zero-order chi connectivity index (χ0) is 18.1. The summed E-state index contributed by atoms with van der Waals surface area (Å²) in [7, 11) is 3.45. The first kappa shape index (κ1) is 17.9. The second-order valence-electron chi connectivity index (χ2n) is 6.32. The van der Waals surface area contributed by atoms with Gasteiger partial charge in [0.05, 0.1) is 9.90 Å². The molecular weight excluding hydrogens is 363 g/mol. The highest BCUT2D eigenvalue weighted by Crippen LogP contribution is 2.33. The van der Waals surface area contributed by atoms with Gasteiger partial charge in [-0.2, -0.15) is 0 Å². The van der Waals surface area contributed by atoms with E-state index in [0.29, 0.717) is 17.0 Å². The lowest BCUT2D eigenvalue weighted by molar-refractivity contribution is -0.120. The summed E-state index contributed by atoms with van der Waals surface area (Å²) in [6.45, 7) is 0. The molecule has 0 bridgehead atoms. The van der Waals surface area contributed by atoms with Crippen molar-refractivity contribution in [3.05, 3.63) is 50.4 Å². The number of anilines is 1. The largest absolute Gasteiger partial charge is 0.344 e. The van der Waals surface area contributed by atoms with Crippen molar-refractivity contribution in [2.24, 2.45) is 5.92 Å². The minimum Gasteiger partial charge on any atom is -0.344 e. The van der Waals surface area contributed by atoms with Crippen molar-refractivity contribution in [2.75, 3.05) is 19.4 Å². The van der Waals surface area contributed by atoms with Crippen LogP contribution in [0.3, 0.4) is 0 Å². The highest BCUT2D eigenvalue weighted by molar-refractivity contribution is 7.14. The molecule has 1 unspecified atom stereocenters. The maximum atomic E-state index is 13.2. The highest BCUT2D eigenvalue weighted by Gasteiger charge is 2.28. The molecule has 7 heteroatoms. The van der Waals surface area contributed by atoms with Gasteiger partial charge in [0.15, 0.2) is 0 Å². The molecule has 0 saturated heterocycles. The average molecular weight is 381 g/mol. The molecule has 0 saturated carbocycles. The van der Waals surface area contributed by atoms with Crippen molar-refractivity contribution in [2.45, 2.75) is 19.3 Å². The SMILES string of the molecule is CN(C)C(=O)c1cc2c(s1)CCC(C(=O)Nc1ccc(F)c(Cl)c1)C2. The van der Waals surface area contributed by atoms with E-state index in [1.54, 1.807) is 19.0 Å². The molecule has 1 heterocycles. The maximum Gasteiger partial charge on any atom is 0.263 e. The number of halogens is 2. The zero-order valence-corrected chi connectivity index (χ0v) is 15.5. The number of aryl methyl sites for hydroxylation is 1. The van der Waals surface area contributed by atoms with Gasteiger partial charge in [-0.3, -0.25) is 9.59 Å². The molecule has 1 aromatic heterocycles. The lowest BCUT2D eigenvalue weighted by Gasteiger charge is -2.21. The number of carbonyl (C=O) groups is 2. The van der Waals surface area contributed by atoms with Gasteiger partial charge in [-0.05, 0) is 49.1 Å². The minimum absolute atomic E-state index is 0.0126. The Morgan fingerprint density at radius 3 is 2.76 bits per heavy atom. The Hall–Kier alpha value is -1.92. The standard InChI is InChI=1S/C18H18ClFN2O2S/c1-22(2)18(24)16-8-11-7-10(3-6-15(11)25-16)17(23)21-12-4-5-14(20)13(19)9-12/h4-5,8-10H,3,6-7H2,1-2H3,(H,21,23). The number of amides is 2. The highest BCUT2D eigenvalue weighted by atomic mass is 35.5. The predicted molar refractivity (Wildman–Crippen MR) is 97.9 cm³/mol. The number of carbonyl (C=O) groups excluding carboxylic acids is 2. The van der Waals surface area contributed by atoms with Crippen LogP contribution in [0.1, 0.15) is 26.5 Å². The Kier molecular flexibility index (Phi) is 5.11. The van der Waals surface area contributed by atoms with Crippen LogP contribution in [0.4, 0.5) is 10.1 Å². The van der Waals surface area contributed by atoms with Crippen molar-refractivity contribution >= 4 is 40.4 Å². The van der Waals surface area contributed by atoms with E-state index in [9.17, 15) is 14.0 Å². The van der Waals surface area contributed by atoms with Crippen LogP contribution in [-0.2, 0) is 17.6 Å². The smallest absolute Gasteiger partial charge is 0.263 e.